The quantitative estimate of drug-likeness (QED) is 0.800. The maximum Gasteiger partial charge on any atom is 0.181 e. The van der Waals surface area contributed by atoms with Crippen molar-refractivity contribution in [1.82, 2.24) is 15.0 Å². The first kappa shape index (κ1) is 12.0. The van der Waals surface area contributed by atoms with Crippen LogP contribution >= 0.6 is 15.9 Å². The number of rotatable bonds is 2. The molecule has 88 valence electrons. The highest BCUT2D eigenvalue weighted by molar-refractivity contribution is 9.10. The minimum absolute atomic E-state index is 0.0722. The molecule has 17 heavy (non-hydrogen) atoms. The number of hydrogen-bond donors (Lipinski definition) is 0. The van der Waals surface area contributed by atoms with Crippen LogP contribution in [-0.2, 0) is 0 Å². The highest BCUT2D eigenvalue weighted by Gasteiger charge is 2.14. The number of hydrogen-bond acceptors (Lipinski definition) is 3. The van der Waals surface area contributed by atoms with Gasteiger partial charge in [0, 0.05) is 11.4 Å². The molecule has 0 amide bonds. The van der Waals surface area contributed by atoms with E-state index in [0.29, 0.717) is 5.69 Å². The van der Waals surface area contributed by atoms with Crippen molar-refractivity contribution in [1.29, 1.82) is 0 Å². The smallest absolute Gasteiger partial charge is 0.181 e. The highest BCUT2D eigenvalue weighted by atomic mass is 79.9. The van der Waals surface area contributed by atoms with E-state index in [1.165, 1.54) is 6.92 Å². The predicted molar refractivity (Wildman–Crippen MR) is 68.5 cm³/mol. The summed E-state index contributed by atoms with van der Waals surface area (Å²) in [5.41, 5.74) is 3.21. The van der Waals surface area contributed by atoms with Gasteiger partial charge in [-0.2, -0.15) is 0 Å². The lowest BCUT2D eigenvalue weighted by atomic mass is 10.2. The molecule has 0 aliphatic heterocycles. The van der Waals surface area contributed by atoms with E-state index >= 15 is 0 Å². The lowest BCUT2D eigenvalue weighted by molar-refractivity contribution is 0.101. The topological polar surface area (TPSA) is 47.8 Å². The van der Waals surface area contributed by atoms with E-state index < -0.39 is 0 Å². The van der Waals surface area contributed by atoms with Crippen molar-refractivity contribution in [2.45, 2.75) is 20.8 Å². The van der Waals surface area contributed by atoms with Crippen LogP contribution in [0, 0.1) is 13.8 Å². The SMILES string of the molecule is CC(=O)c1nnn(-c2ccc(C)cc2Br)c1C. The van der Waals surface area contributed by atoms with Crippen molar-refractivity contribution in [2.75, 3.05) is 0 Å². The Morgan fingerprint density at radius 3 is 2.59 bits per heavy atom. The Morgan fingerprint density at radius 1 is 1.35 bits per heavy atom. The van der Waals surface area contributed by atoms with Crippen LogP contribution < -0.4 is 0 Å². The number of aryl methyl sites for hydroxylation is 1. The van der Waals surface area contributed by atoms with Gasteiger partial charge in [0.15, 0.2) is 11.5 Å². The van der Waals surface area contributed by atoms with E-state index in [2.05, 4.69) is 26.2 Å². The fourth-order valence-corrected chi connectivity index (χ4v) is 2.33. The Kier molecular flexibility index (Phi) is 3.11. The van der Waals surface area contributed by atoms with Crippen LogP contribution in [-0.4, -0.2) is 20.8 Å². The fraction of sp³-hybridized carbons (Fsp3) is 0.250. The van der Waals surface area contributed by atoms with Gasteiger partial charge in [-0.15, -0.1) is 5.10 Å². The second-order valence-corrected chi connectivity index (χ2v) is 4.80. The summed E-state index contributed by atoms with van der Waals surface area (Å²) in [5, 5.41) is 7.91. The van der Waals surface area contributed by atoms with Crippen LogP contribution in [0.3, 0.4) is 0 Å². The molecule has 0 atom stereocenters. The van der Waals surface area contributed by atoms with Crippen molar-refractivity contribution in [3.05, 3.63) is 39.6 Å². The zero-order chi connectivity index (χ0) is 12.6. The monoisotopic (exact) mass is 293 g/mol. The summed E-state index contributed by atoms with van der Waals surface area (Å²) in [5.74, 6) is -0.0722. The summed E-state index contributed by atoms with van der Waals surface area (Å²) < 4.78 is 2.60. The molecule has 2 aromatic rings. The summed E-state index contributed by atoms with van der Waals surface area (Å²) in [6, 6.07) is 5.95. The largest absolute Gasteiger partial charge is 0.293 e. The van der Waals surface area contributed by atoms with E-state index in [0.717, 1.165) is 21.4 Å². The molecule has 4 nitrogen and oxygen atoms in total. The molecule has 5 heteroatoms. The third-order valence-electron chi connectivity index (χ3n) is 2.56. The van der Waals surface area contributed by atoms with Gasteiger partial charge in [0.05, 0.1) is 11.4 Å². The minimum atomic E-state index is -0.0722. The Morgan fingerprint density at radius 2 is 2.06 bits per heavy atom. The number of Topliss-reactive ketones (excluding diaryl/α,β-unsaturated/α-hetero) is 1. The van der Waals surface area contributed by atoms with Crippen LogP contribution in [0.4, 0.5) is 0 Å². The van der Waals surface area contributed by atoms with E-state index in [1.54, 1.807) is 4.68 Å². The summed E-state index contributed by atoms with van der Waals surface area (Å²) in [6.07, 6.45) is 0. The summed E-state index contributed by atoms with van der Waals surface area (Å²) in [7, 11) is 0. The number of ketones is 1. The number of aromatic nitrogens is 3. The summed E-state index contributed by atoms with van der Waals surface area (Å²) in [4.78, 5) is 11.3. The van der Waals surface area contributed by atoms with E-state index in [9.17, 15) is 4.79 Å². The molecule has 0 saturated heterocycles. The molecular weight excluding hydrogens is 282 g/mol. The average Bonchev–Trinajstić information content (AvgIpc) is 2.60. The third kappa shape index (κ3) is 2.15. The first-order chi connectivity index (χ1) is 8.00. The van der Waals surface area contributed by atoms with Crippen molar-refractivity contribution in [3.63, 3.8) is 0 Å². The molecule has 0 aliphatic rings. The lowest BCUT2D eigenvalue weighted by Crippen LogP contribution is -2.02. The van der Waals surface area contributed by atoms with Gasteiger partial charge in [0.1, 0.15) is 0 Å². The summed E-state index contributed by atoms with van der Waals surface area (Å²) >= 11 is 3.49. The van der Waals surface area contributed by atoms with Crippen molar-refractivity contribution in [3.8, 4) is 5.69 Å². The van der Waals surface area contributed by atoms with E-state index in [-0.39, 0.29) is 5.78 Å². The Bertz CT molecular complexity index is 589. The van der Waals surface area contributed by atoms with E-state index in [4.69, 9.17) is 0 Å². The lowest BCUT2D eigenvalue weighted by Gasteiger charge is -2.06. The number of benzene rings is 1. The third-order valence-corrected chi connectivity index (χ3v) is 3.19. The molecule has 1 aromatic carbocycles. The van der Waals surface area contributed by atoms with Gasteiger partial charge in [0.25, 0.3) is 0 Å². The molecule has 0 fully saturated rings. The van der Waals surface area contributed by atoms with Gasteiger partial charge < -0.3 is 0 Å². The fourth-order valence-electron chi connectivity index (χ4n) is 1.67. The van der Waals surface area contributed by atoms with Crippen LogP contribution in [0.25, 0.3) is 5.69 Å². The second-order valence-electron chi connectivity index (χ2n) is 3.95. The maximum atomic E-state index is 11.3. The Hall–Kier alpha value is -1.49. The van der Waals surface area contributed by atoms with Crippen LogP contribution in [0.5, 0.6) is 0 Å². The number of nitrogens with zero attached hydrogens (tertiary/aromatic N) is 3. The normalized spacial score (nSPS) is 10.6. The molecule has 0 bridgehead atoms. The molecule has 0 aliphatic carbocycles. The van der Waals surface area contributed by atoms with Gasteiger partial charge >= 0.3 is 0 Å². The van der Waals surface area contributed by atoms with E-state index in [1.807, 2.05) is 32.0 Å². The van der Waals surface area contributed by atoms with Crippen LogP contribution in [0.2, 0.25) is 0 Å². The first-order valence-electron chi connectivity index (χ1n) is 5.20. The molecule has 1 heterocycles. The minimum Gasteiger partial charge on any atom is -0.293 e. The predicted octanol–water partition coefficient (Wildman–Crippen LogP) is 2.85. The highest BCUT2D eigenvalue weighted by Crippen LogP contribution is 2.23. The zero-order valence-electron chi connectivity index (χ0n) is 9.86. The maximum absolute atomic E-state index is 11.3. The van der Waals surface area contributed by atoms with Crippen molar-refractivity contribution >= 4 is 21.7 Å². The molecule has 1 aromatic heterocycles. The first-order valence-corrected chi connectivity index (χ1v) is 5.99. The zero-order valence-corrected chi connectivity index (χ0v) is 11.4. The molecular formula is C12H12BrN3O. The van der Waals surface area contributed by atoms with Gasteiger partial charge in [-0.05, 0) is 47.5 Å². The number of carbonyl (C=O) groups is 1. The Balaban J connectivity index is 2.57. The molecule has 0 saturated carbocycles. The van der Waals surface area contributed by atoms with Gasteiger partial charge in [-0.1, -0.05) is 11.3 Å². The van der Waals surface area contributed by atoms with Crippen molar-refractivity contribution in [2.24, 2.45) is 0 Å². The number of carbonyl (C=O) groups excluding carboxylic acids is 1. The molecule has 2 rings (SSSR count). The van der Waals surface area contributed by atoms with Crippen molar-refractivity contribution < 1.29 is 4.79 Å². The number of halogens is 1. The summed E-state index contributed by atoms with van der Waals surface area (Å²) in [6.45, 7) is 5.35. The molecule has 0 N–H and O–H groups in total. The van der Waals surface area contributed by atoms with Gasteiger partial charge in [0.2, 0.25) is 0 Å². The Labute approximate surface area is 108 Å². The molecule has 0 spiro atoms. The molecule has 0 radical (unpaired) electrons. The average molecular weight is 294 g/mol. The van der Waals surface area contributed by atoms with Gasteiger partial charge in [-0.25, -0.2) is 4.68 Å². The van der Waals surface area contributed by atoms with Crippen LogP contribution in [0.1, 0.15) is 28.7 Å². The van der Waals surface area contributed by atoms with Gasteiger partial charge in [-0.3, -0.25) is 4.79 Å². The standard InChI is InChI=1S/C12H12BrN3O/c1-7-4-5-11(10(13)6-7)16-8(2)12(9(3)17)14-15-16/h4-6H,1-3H3. The molecule has 0 unspecified atom stereocenters. The van der Waals surface area contributed by atoms with Crippen LogP contribution in [0.15, 0.2) is 22.7 Å². The second kappa shape index (κ2) is 4.41.